The van der Waals surface area contributed by atoms with E-state index in [1.165, 1.54) is 44.1 Å². The Bertz CT molecular complexity index is 248. The first-order valence-corrected chi connectivity index (χ1v) is 7.10. The molecule has 0 aromatic carbocycles. The van der Waals surface area contributed by atoms with Crippen LogP contribution in [0, 0.1) is 5.92 Å². The van der Waals surface area contributed by atoms with E-state index < -0.39 is 0 Å². The Morgan fingerprint density at radius 3 is 2.41 bits per heavy atom. The Kier molecular flexibility index (Phi) is 11.0. The number of aliphatic imine (C=N–C) groups is 1. The van der Waals surface area contributed by atoms with Crippen LogP contribution in [0.15, 0.2) is 28.9 Å². The van der Waals surface area contributed by atoms with Crippen molar-refractivity contribution < 1.29 is 0 Å². The van der Waals surface area contributed by atoms with Crippen LogP contribution in [0.2, 0.25) is 0 Å². The zero-order valence-electron chi connectivity index (χ0n) is 12.1. The summed E-state index contributed by atoms with van der Waals surface area (Å²) in [5, 5.41) is 0. The van der Waals surface area contributed by atoms with Crippen LogP contribution in [0.4, 0.5) is 0 Å². The van der Waals surface area contributed by atoms with E-state index in [4.69, 9.17) is 0 Å². The molecule has 1 unspecified atom stereocenters. The lowest BCUT2D eigenvalue weighted by atomic mass is 9.90. The summed E-state index contributed by atoms with van der Waals surface area (Å²) in [5.74, 6) is 0.673. The van der Waals surface area contributed by atoms with E-state index in [9.17, 15) is 0 Å². The molecule has 0 aliphatic heterocycles. The van der Waals surface area contributed by atoms with E-state index in [1.54, 1.807) is 0 Å². The third-order valence-electron chi connectivity index (χ3n) is 3.10. The summed E-state index contributed by atoms with van der Waals surface area (Å²) in [7, 11) is 0. The lowest BCUT2D eigenvalue weighted by Crippen LogP contribution is -2.01. The fourth-order valence-corrected chi connectivity index (χ4v) is 2.06. The van der Waals surface area contributed by atoms with Gasteiger partial charge in [0.1, 0.15) is 0 Å². The Hall–Kier alpha value is -0.850. The van der Waals surface area contributed by atoms with Gasteiger partial charge in [-0.1, -0.05) is 51.7 Å². The maximum Gasteiger partial charge on any atom is 0.0298 e. The quantitative estimate of drug-likeness (QED) is 0.283. The van der Waals surface area contributed by atoms with Gasteiger partial charge >= 0.3 is 0 Å². The Morgan fingerprint density at radius 1 is 1.12 bits per heavy atom. The molecule has 1 heteroatoms. The van der Waals surface area contributed by atoms with Crippen LogP contribution in [0.25, 0.3) is 0 Å². The van der Waals surface area contributed by atoms with Gasteiger partial charge in [-0.2, -0.15) is 0 Å². The summed E-state index contributed by atoms with van der Waals surface area (Å²) in [6, 6.07) is 0. The molecule has 98 valence electrons. The zero-order chi connectivity index (χ0) is 12.9. The first kappa shape index (κ1) is 16.1. The fraction of sp³-hybridized carbons (Fsp3) is 0.688. The summed E-state index contributed by atoms with van der Waals surface area (Å²) >= 11 is 0. The smallest absolute Gasteiger partial charge is 0.0298 e. The molecule has 0 aliphatic carbocycles. The third-order valence-corrected chi connectivity index (χ3v) is 3.10. The average Bonchev–Trinajstić information content (AvgIpc) is 2.35. The van der Waals surface area contributed by atoms with Crippen molar-refractivity contribution >= 4 is 6.21 Å². The minimum Gasteiger partial charge on any atom is -0.269 e. The highest BCUT2D eigenvalue weighted by Gasteiger charge is 2.09. The van der Waals surface area contributed by atoms with E-state index in [0.29, 0.717) is 5.92 Å². The maximum atomic E-state index is 4.27. The van der Waals surface area contributed by atoms with Gasteiger partial charge in [-0.05, 0) is 38.2 Å². The molecular formula is C16H29N. The predicted octanol–water partition coefficient (Wildman–Crippen LogP) is 5.53. The molecule has 0 aromatic rings. The maximum absolute atomic E-state index is 4.27. The minimum absolute atomic E-state index is 0.673. The second-order valence-corrected chi connectivity index (χ2v) is 4.49. The molecule has 0 rings (SSSR count). The average molecular weight is 235 g/mol. The van der Waals surface area contributed by atoms with Gasteiger partial charge in [-0.15, -0.1) is 0 Å². The fourth-order valence-electron chi connectivity index (χ4n) is 2.06. The van der Waals surface area contributed by atoms with Crippen LogP contribution in [0.5, 0.6) is 0 Å². The first-order chi connectivity index (χ1) is 8.29. The van der Waals surface area contributed by atoms with Crippen molar-refractivity contribution in [2.45, 2.75) is 66.2 Å². The van der Waals surface area contributed by atoms with Crippen molar-refractivity contribution in [3.8, 4) is 0 Å². The van der Waals surface area contributed by atoms with Crippen molar-refractivity contribution in [2.24, 2.45) is 10.9 Å². The molecule has 0 amide bonds. The summed E-state index contributed by atoms with van der Waals surface area (Å²) in [6.07, 6.45) is 16.1. The highest BCUT2D eigenvalue weighted by atomic mass is 14.7. The molecule has 0 fully saturated rings. The molecule has 0 heterocycles. The standard InChI is InChI=1S/C16H29N/c1-5-9-10-11-13-15(7-3)16(12-6-2)14-17-8-4/h6,8,12,14-15H,5,7,9-11,13H2,1-4H3/b12-6-,16-14+,17-8?. The lowest BCUT2D eigenvalue weighted by molar-refractivity contribution is 0.504. The molecule has 1 nitrogen and oxygen atoms in total. The monoisotopic (exact) mass is 235 g/mol. The van der Waals surface area contributed by atoms with Crippen molar-refractivity contribution in [1.29, 1.82) is 0 Å². The van der Waals surface area contributed by atoms with Gasteiger partial charge in [0.2, 0.25) is 0 Å². The van der Waals surface area contributed by atoms with Crippen LogP contribution in [-0.2, 0) is 0 Å². The number of allylic oxidation sites excluding steroid dienone is 3. The van der Waals surface area contributed by atoms with E-state index in [-0.39, 0.29) is 0 Å². The van der Waals surface area contributed by atoms with Crippen molar-refractivity contribution in [2.75, 3.05) is 0 Å². The largest absolute Gasteiger partial charge is 0.269 e. The van der Waals surface area contributed by atoms with Crippen molar-refractivity contribution in [1.82, 2.24) is 0 Å². The number of nitrogens with zero attached hydrogens (tertiary/aromatic N) is 1. The molecule has 0 saturated heterocycles. The van der Waals surface area contributed by atoms with Gasteiger partial charge in [0.05, 0.1) is 0 Å². The molecule has 17 heavy (non-hydrogen) atoms. The summed E-state index contributed by atoms with van der Waals surface area (Å²) in [4.78, 5) is 4.27. The van der Waals surface area contributed by atoms with Crippen LogP contribution in [0.1, 0.15) is 66.2 Å². The molecule has 0 aliphatic rings. The number of unbranched alkanes of at least 4 members (excludes halogenated alkanes) is 3. The topological polar surface area (TPSA) is 12.4 Å². The third kappa shape index (κ3) is 7.95. The van der Waals surface area contributed by atoms with E-state index in [0.717, 1.165) is 0 Å². The van der Waals surface area contributed by atoms with Gasteiger partial charge in [0.25, 0.3) is 0 Å². The van der Waals surface area contributed by atoms with E-state index in [1.807, 2.05) is 19.3 Å². The molecule has 0 aromatic heterocycles. The Labute approximate surface area is 108 Å². The van der Waals surface area contributed by atoms with Gasteiger partial charge < -0.3 is 0 Å². The molecule has 0 saturated carbocycles. The van der Waals surface area contributed by atoms with Crippen LogP contribution in [-0.4, -0.2) is 6.21 Å². The molecular weight excluding hydrogens is 206 g/mol. The predicted molar refractivity (Wildman–Crippen MR) is 79.6 cm³/mol. The van der Waals surface area contributed by atoms with Crippen molar-refractivity contribution in [3.05, 3.63) is 23.9 Å². The molecule has 0 radical (unpaired) electrons. The van der Waals surface area contributed by atoms with E-state index >= 15 is 0 Å². The van der Waals surface area contributed by atoms with Gasteiger partial charge in [-0.3, -0.25) is 4.99 Å². The number of hydrogen-bond acceptors (Lipinski definition) is 1. The number of hydrogen-bond donors (Lipinski definition) is 0. The van der Waals surface area contributed by atoms with Crippen LogP contribution in [0.3, 0.4) is 0 Å². The summed E-state index contributed by atoms with van der Waals surface area (Å²) in [5.41, 5.74) is 1.38. The molecule has 1 atom stereocenters. The van der Waals surface area contributed by atoms with Crippen LogP contribution >= 0.6 is 0 Å². The molecule has 0 bridgehead atoms. The first-order valence-electron chi connectivity index (χ1n) is 7.10. The Morgan fingerprint density at radius 2 is 1.88 bits per heavy atom. The minimum atomic E-state index is 0.673. The molecule has 0 N–H and O–H groups in total. The van der Waals surface area contributed by atoms with Crippen molar-refractivity contribution in [3.63, 3.8) is 0 Å². The van der Waals surface area contributed by atoms with Crippen LogP contribution < -0.4 is 0 Å². The Balaban J connectivity index is 4.35. The normalized spacial score (nSPS) is 14.9. The van der Waals surface area contributed by atoms with Gasteiger partial charge in [0.15, 0.2) is 0 Å². The highest BCUT2D eigenvalue weighted by Crippen LogP contribution is 2.23. The van der Waals surface area contributed by atoms with E-state index in [2.05, 4.69) is 37.9 Å². The number of rotatable bonds is 9. The van der Waals surface area contributed by atoms with Gasteiger partial charge in [-0.25, -0.2) is 0 Å². The second-order valence-electron chi connectivity index (χ2n) is 4.49. The second kappa shape index (κ2) is 11.6. The highest BCUT2D eigenvalue weighted by molar-refractivity contribution is 5.54. The summed E-state index contributed by atoms with van der Waals surface area (Å²) in [6.45, 7) is 8.58. The zero-order valence-corrected chi connectivity index (χ0v) is 12.1. The summed E-state index contributed by atoms with van der Waals surface area (Å²) < 4.78 is 0. The lowest BCUT2D eigenvalue weighted by Gasteiger charge is -2.15. The molecule has 0 spiro atoms. The SMILES string of the molecule is CC=N/C=C(\C=C/C)C(CC)CCCCCC. The van der Waals surface area contributed by atoms with Gasteiger partial charge in [0, 0.05) is 12.4 Å².